The fourth-order valence-electron chi connectivity index (χ4n) is 3.92. The number of methoxy groups -OCH3 is 1. The van der Waals surface area contributed by atoms with E-state index in [1.807, 2.05) is 48.5 Å². The van der Waals surface area contributed by atoms with E-state index in [-0.39, 0.29) is 5.91 Å². The number of hydrogen-bond donors (Lipinski definition) is 2. The summed E-state index contributed by atoms with van der Waals surface area (Å²) in [6.07, 6.45) is 5.42. The predicted octanol–water partition coefficient (Wildman–Crippen LogP) is 4.54. The third kappa shape index (κ3) is 3.82. The maximum Gasteiger partial charge on any atom is 0.273 e. The highest BCUT2D eigenvalue weighted by Gasteiger charge is 2.17. The van der Waals surface area contributed by atoms with Gasteiger partial charge in [-0.3, -0.25) is 9.89 Å². The van der Waals surface area contributed by atoms with Gasteiger partial charge in [-0.15, -0.1) is 0 Å². The Morgan fingerprint density at radius 3 is 2.87 bits per heavy atom. The van der Waals surface area contributed by atoms with Gasteiger partial charge >= 0.3 is 0 Å². The maximum atomic E-state index is 12.9. The molecule has 156 valence electrons. The van der Waals surface area contributed by atoms with Gasteiger partial charge in [0.05, 0.1) is 24.2 Å². The van der Waals surface area contributed by atoms with Crippen LogP contribution in [0.1, 0.15) is 29.2 Å². The molecular formula is C24H23N5O2. The van der Waals surface area contributed by atoms with Crippen LogP contribution in [-0.2, 0) is 13.0 Å². The number of carbonyl (C=O) groups excluding carboxylic acids is 1. The first kappa shape index (κ1) is 19.1. The molecule has 0 unspecified atom stereocenters. The number of para-hydroxylation sites is 1. The number of amides is 1. The summed E-state index contributed by atoms with van der Waals surface area (Å²) in [6, 6.07) is 17.1. The summed E-state index contributed by atoms with van der Waals surface area (Å²) in [4.78, 5) is 17.7. The minimum atomic E-state index is -0.252. The minimum Gasteiger partial charge on any atom is -0.497 e. The van der Waals surface area contributed by atoms with Crippen molar-refractivity contribution in [3.05, 3.63) is 72.3 Å². The summed E-state index contributed by atoms with van der Waals surface area (Å²) in [5.41, 5.74) is 4.45. The molecule has 2 aromatic carbocycles. The highest BCUT2D eigenvalue weighted by atomic mass is 16.5. The van der Waals surface area contributed by atoms with Crippen LogP contribution >= 0.6 is 0 Å². The Kier molecular flexibility index (Phi) is 5.00. The van der Waals surface area contributed by atoms with E-state index in [1.165, 1.54) is 12.8 Å². The summed E-state index contributed by atoms with van der Waals surface area (Å²) in [6.45, 7) is 0.998. The van der Waals surface area contributed by atoms with Crippen molar-refractivity contribution in [1.29, 1.82) is 0 Å². The number of aromatic amines is 1. The lowest BCUT2D eigenvalue weighted by Crippen LogP contribution is -2.13. The van der Waals surface area contributed by atoms with Crippen LogP contribution in [0, 0.1) is 0 Å². The van der Waals surface area contributed by atoms with E-state index in [0.29, 0.717) is 11.4 Å². The lowest BCUT2D eigenvalue weighted by atomic mass is 10.1. The molecule has 2 aromatic heterocycles. The van der Waals surface area contributed by atoms with Gasteiger partial charge in [0.25, 0.3) is 5.91 Å². The Labute approximate surface area is 180 Å². The first-order valence-electron chi connectivity index (χ1n) is 10.4. The molecule has 1 amide bonds. The average Bonchev–Trinajstić information content (AvgIpc) is 3.47. The standard InChI is InChI=1S/C24H23N5O2/c1-31-17-8-6-7-16(13-17)20-14-21(28-27-20)24(30)26-19-10-3-2-9-18(19)22-15-29-12-5-4-11-23(29)25-22/h2-3,6-10,13-15H,4-5,11-12H2,1H3,(H,26,30)(H,27,28). The number of benzene rings is 2. The maximum absolute atomic E-state index is 12.9. The van der Waals surface area contributed by atoms with Crippen LogP contribution in [0.2, 0.25) is 0 Å². The molecule has 31 heavy (non-hydrogen) atoms. The van der Waals surface area contributed by atoms with Crippen molar-refractivity contribution in [2.45, 2.75) is 25.8 Å². The average molecular weight is 413 g/mol. The Hall–Kier alpha value is -3.87. The van der Waals surface area contributed by atoms with E-state index >= 15 is 0 Å². The number of nitrogens with zero attached hydrogens (tertiary/aromatic N) is 3. The van der Waals surface area contributed by atoms with E-state index in [9.17, 15) is 4.79 Å². The molecular weight excluding hydrogens is 390 g/mol. The number of aryl methyl sites for hydroxylation is 2. The van der Waals surface area contributed by atoms with Gasteiger partial charge in [0.15, 0.2) is 0 Å². The first-order valence-corrected chi connectivity index (χ1v) is 10.4. The summed E-state index contributed by atoms with van der Waals surface area (Å²) >= 11 is 0. The van der Waals surface area contributed by atoms with E-state index in [2.05, 4.69) is 26.3 Å². The SMILES string of the molecule is COc1cccc(-c2cc(C(=O)Nc3ccccc3-c3cn4c(n3)CCCC4)[nH]n2)c1. The number of rotatable bonds is 5. The number of carbonyl (C=O) groups is 1. The van der Waals surface area contributed by atoms with Crippen LogP contribution in [-0.4, -0.2) is 32.8 Å². The Balaban J connectivity index is 1.39. The molecule has 0 spiro atoms. The normalized spacial score (nSPS) is 12.9. The van der Waals surface area contributed by atoms with E-state index in [4.69, 9.17) is 9.72 Å². The molecule has 4 aromatic rings. The Morgan fingerprint density at radius 2 is 2.00 bits per heavy atom. The van der Waals surface area contributed by atoms with E-state index < -0.39 is 0 Å². The number of anilines is 1. The van der Waals surface area contributed by atoms with Crippen LogP contribution in [0.4, 0.5) is 5.69 Å². The number of aromatic nitrogens is 4. The Morgan fingerprint density at radius 1 is 1.10 bits per heavy atom. The van der Waals surface area contributed by atoms with Crippen LogP contribution in [0.15, 0.2) is 60.8 Å². The van der Waals surface area contributed by atoms with E-state index in [1.54, 1.807) is 13.2 Å². The van der Waals surface area contributed by atoms with Crippen LogP contribution in [0.5, 0.6) is 5.75 Å². The second kappa shape index (κ2) is 8.10. The summed E-state index contributed by atoms with van der Waals surface area (Å²) < 4.78 is 7.49. The summed E-state index contributed by atoms with van der Waals surface area (Å²) in [7, 11) is 1.62. The molecule has 0 saturated carbocycles. The monoisotopic (exact) mass is 413 g/mol. The molecule has 3 heterocycles. The van der Waals surface area contributed by atoms with Crippen LogP contribution in [0.25, 0.3) is 22.5 Å². The van der Waals surface area contributed by atoms with Crippen LogP contribution < -0.4 is 10.1 Å². The first-order chi connectivity index (χ1) is 15.2. The van der Waals surface area contributed by atoms with Crippen molar-refractivity contribution in [2.75, 3.05) is 12.4 Å². The third-order valence-electron chi connectivity index (χ3n) is 5.55. The molecule has 1 aliphatic heterocycles. The van der Waals surface area contributed by atoms with Crippen molar-refractivity contribution < 1.29 is 9.53 Å². The van der Waals surface area contributed by atoms with Gasteiger partial charge in [0, 0.05) is 30.3 Å². The predicted molar refractivity (Wildman–Crippen MR) is 119 cm³/mol. The molecule has 0 aliphatic carbocycles. The number of nitrogens with one attached hydrogen (secondary N) is 2. The van der Waals surface area contributed by atoms with Crippen molar-refractivity contribution >= 4 is 11.6 Å². The van der Waals surface area contributed by atoms with E-state index in [0.717, 1.165) is 47.0 Å². The fourth-order valence-corrected chi connectivity index (χ4v) is 3.92. The molecule has 1 aliphatic rings. The topological polar surface area (TPSA) is 84.8 Å². The zero-order chi connectivity index (χ0) is 21.2. The van der Waals surface area contributed by atoms with Gasteiger partial charge in [0.2, 0.25) is 0 Å². The zero-order valence-electron chi connectivity index (χ0n) is 17.3. The van der Waals surface area contributed by atoms with Crippen molar-refractivity contribution in [2.24, 2.45) is 0 Å². The van der Waals surface area contributed by atoms with Crippen molar-refractivity contribution in [3.8, 4) is 28.3 Å². The molecule has 0 radical (unpaired) electrons. The minimum absolute atomic E-state index is 0.252. The quantitative estimate of drug-likeness (QED) is 0.503. The van der Waals surface area contributed by atoms with Gasteiger partial charge in [0.1, 0.15) is 17.3 Å². The number of fused-ring (bicyclic) bond motifs is 1. The molecule has 0 fully saturated rings. The summed E-state index contributed by atoms with van der Waals surface area (Å²) in [5, 5.41) is 10.1. The van der Waals surface area contributed by atoms with Gasteiger partial charge < -0.3 is 14.6 Å². The lowest BCUT2D eigenvalue weighted by molar-refractivity contribution is 0.102. The molecule has 0 saturated heterocycles. The van der Waals surface area contributed by atoms with Gasteiger partial charge in [-0.25, -0.2) is 4.98 Å². The highest BCUT2D eigenvalue weighted by molar-refractivity contribution is 6.05. The second-order valence-electron chi connectivity index (χ2n) is 7.59. The summed E-state index contributed by atoms with van der Waals surface area (Å²) in [5.74, 6) is 1.60. The molecule has 0 atom stereocenters. The largest absolute Gasteiger partial charge is 0.497 e. The second-order valence-corrected chi connectivity index (χ2v) is 7.59. The number of ether oxygens (including phenoxy) is 1. The van der Waals surface area contributed by atoms with Crippen molar-refractivity contribution in [1.82, 2.24) is 19.7 Å². The molecule has 5 rings (SSSR count). The van der Waals surface area contributed by atoms with Crippen LogP contribution in [0.3, 0.4) is 0 Å². The molecule has 7 heteroatoms. The highest BCUT2D eigenvalue weighted by Crippen LogP contribution is 2.29. The van der Waals surface area contributed by atoms with Crippen molar-refractivity contribution in [3.63, 3.8) is 0 Å². The molecule has 7 nitrogen and oxygen atoms in total. The zero-order valence-corrected chi connectivity index (χ0v) is 17.3. The van der Waals surface area contributed by atoms with Gasteiger partial charge in [-0.2, -0.15) is 5.10 Å². The molecule has 0 bridgehead atoms. The van der Waals surface area contributed by atoms with Gasteiger partial charge in [-0.05, 0) is 37.1 Å². The third-order valence-corrected chi connectivity index (χ3v) is 5.55. The number of H-pyrrole nitrogens is 1. The number of hydrogen-bond acceptors (Lipinski definition) is 4. The van der Waals surface area contributed by atoms with Gasteiger partial charge in [-0.1, -0.05) is 30.3 Å². The molecule has 2 N–H and O–H groups in total. The lowest BCUT2D eigenvalue weighted by Gasteiger charge is -2.11. The smallest absolute Gasteiger partial charge is 0.273 e. The Bertz CT molecular complexity index is 1220. The fraction of sp³-hybridized carbons (Fsp3) is 0.208. The number of imidazole rings is 1.